The third kappa shape index (κ3) is 4.04. The summed E-state index contributed by atoms with van der Waals surface area (Å²) in [6, 6.07) is 16.9. The Balaban J connectivity index is 1.99. The van der Waals surface area contributed by atoms with Crippen LogP contribution in [-0.2, 0) is 0 Å². The molecule has 2 aromatic carbocycles. The molecule has 1 heterocycles. The molecular formula is C26H26N2O3. The molecule has 0 aromatic heterocycles. The molecule has 2 aliphatic rings. The second kappa shape index (κ2) is 8.64. The van der Waals surface area contributed by atoms with Crippen LogP contribution in [0.3, 0.4) is 0 Å². The lowest BCUT2D eigenvalue weighted by Gasteiger charge is -2.17. The quantitative estimate of drug-likeness (QED) is 0.335. The van der Waals surface area contributed by atoms with Crippen molar-refractivity contribution in [3.63, 3.8) is 0 Å². The van der Waals surface area contributed by atoms with Gasteiger partial charge in [-0.15, -0.1) is 0 Å². The van der Waals surface area contributed by atoms with E-state index >= 15 is 0 Å². The molecule has 0 amide bonds. The molecule has 1 aliphatic heterocycles. The average molecular weight is 415 g/mol. The van der Waals surface area contributed by atoms with Gasteiger partial charge in [-0.05, 0) is 63.1 Å². The molecule has 1 aliphatic carbocycles. The number of nitrogens with zero attached hydrogens (tertiary/aromatic N) is 1. The van der Waals surface area contributed by atoms with E-state index in [0.29, 0.717) is 29.2 Å². The van der Waals surface area contributed by atoms with Crippen LogP contribution >= 0.6 is 0 Å². The molecule has 0 atom stereocenters. The highest BCUT2D eigenvalue weighted by atomic mass is 16.5. The molecule has 5 heteroatoms. The number of nitrogens with one attached hydrogen (secondary N) is 1. The second-order valence-corrected chi connectivity index (χ2v) is 7.49. The zero-order chi connectivity index (χ0) is 22.0. The highest BCUT2D eigenvalue weighted by Crippen LogP contribution is 2.41. The highest BCUT2D eigenvalue weighted by molar-refractivity contribution is 5.99. The summed E-state index contributed by atoms with van der Waals surface area (Å²) in [7, 11) is 0. The Morgan fingerprint density at radius 2 is 1.81 bits per heavy atom. The number of aryl methyl sites for hydroxylation is 2. The van der Waals surface area contributed by atoms with Crippen LogP contribution in [0.1, 0.15) is 35.3 Å². The van der Waals surface area contributed by atoms with Gasteiger partial charge in [0.1, 0.15) is 11.3 Å². The van der Waals surface area contributed by atoms with Crippen molar-refractivity contribution < 1.29 is 13.9 Å². The monoisotopic (exact) mass is 414 g/mol. The number of fused-ring (bicyclic) bond motifs is 2. The molecule has 0 bridgehead atoms. The Labute approximate surface area is 181 Å². The van der Waals surface area contributed by atoms with E-state index in [1.165, 1.54) is 0 Å². The average Bonchev–Trinajstić information content (AvgIpc) is 2.77. The van der Waals surface area contributed by atoms with Gasteiger partial charge in [0.25, 0.3) is 0 Å². The van der Waals surface area contributed by atoms with Crippen molar-refractivity contribution >= 4 is 22.6 Å². The molecule has 158 valence electrons. The first-order chi connectivity index (χ1) is 15.0. The van der Waals surface area contributed by atoms with Gasteiger partial charge >= 0.3 is 5.97 Å². The summed E-state index contributed by atoms with van der Waals surface area (Å²) in [6.45, 7) is 9.56. The van der Waals surface area contributed by atoms with Crippen LogP contribution in [0.25, 0.3) is 22.3 Å². The summed E-state index contributed by atoms with van der Waals surface area (Å²) in [5.74, 6) is 0.734. The Morgan fingerprint density at radius 3 is 2.52 bits per heavy atom. The number of esters is 1. The van der Waals surface area contributed by atoms with Gasteiger partial charge in [-0.25, -0.2) is 4.79 Å². The number of benzene rings is 3. The minimum Gasteiger partial charge on any atom is -0.456 e. The smallest absolute Gasteiger partial charge is 0.343 e. The number of carbonyl (C=O) groups excluding carboxylic acids is 1. The van der Waals surface area contributed by atoms with Crippen LogP contribution in [0.2, 0.25) is 0 Å². The van der Waals surface area contributed by atoms with Crippen molar-refractivity contribution in [1.29, 1.82) is 0 Å². The SMILES string of the molecule is CCN=c1cc2oc3cc(NCC)c(C)cc3c(OC(=O)c3ccccc3)c-2cc1C. The normalized spacial score (nSPS) is 11.8. The third-order valence-electron chi connectivity index (χ3n) is 5.23. The maximum absolute atomic E-state index is 12.9. The fourth-order valence-corrected chi connectivity index (χ4v) is 3.71. The molecular weight excluding hydrogens is 388 g/mol. The number of rotatable bonds is 5. The Bertz CT molecular complexity index is 1290. The fraction of sp³-hybridized carbons (Fsp3) is 0.231. The fourth-order valence-electron chi connectivity index (χ4n) is 3.71. The van der Waals surface area contributed by atoms with Crippen LogP contribution in [0.4, 0.5) is 5.69 Å². The molecule has 0 unspecified atom stereocenters. The summed E-state index contributed by atoms with van der Waals surface area (Å²) >= 11 is 0. The van der Waals surface area contributed by atoms with Gasteiger partial charge in [0, 0.05) is 30.9 Å². The number of hydrogen-bond donors (Lipinski definition) is 1. The number of anilines is 1. The van der Waals surface area contributed by atoms with E-state index < -0.39 is 5.97 Å². The molecule has 4 rings (SSSR count). The minimum atomic E-state index is -0.400. The van der Waals surface area contributed by atoms with Crippen molar-refractivity contribution in [2.24, 2.45) is 4.99 Å². The first-order valence-electron chi connectivity index (χ1n) is 10.5. The molecule has 0 spiro atoms. The topological polar surface area (TPSA) is 63.8 Å². The minimum absolute atomic E-state index is 0.400. The molecule has 31 heavy (non-hydrogen) atoms. The first-order valence-corrected chi connectivity index (χ1v) is 10.5. The first kappa shape index (κ1) is 20.7. The molecule has 0 saturated carbocycles. The van der Waals surface area contributed by atoms with E-state index in [9.17, 15) is 4.79 Å². The summed E-state index contributed by atoms with van der Waals surface area (Å²) < 4.78 is 12.3. The molecule has 0 fully saturated rings. The van der Waals surface area contributed by atoms with Crippen LogP contribution in [0, 0.1) is 13.8 Å². The Hall–Kier alpha value is -3.60. The lowest BCUT2D eigenvalue weighted by Crippen LogP contribution is -2.12. The molecule has 5 nitrogen and oxygen atoms in total. The molecule has 2 aromatic rings. The zero-order valence-electron chi connectivity index (χ0n) is 18.3. The van der Waals surface area contributed by atoms with E-state index in [2.05, 4.69) is 17.2 Å². The van der Waals surface area contributed by atoms with Gasteiger partial charge in [0.15, 0.2) is 5.75 Å². The molecule has 0 saturated heterocycles. The predicted octanol–water partition coefficient (Wildman–Crippen LogP) is 5.73. The summed E-state index contributed by atoms with van der Waals surface area (Å²) in [4.78, 5) is 17.5. The number of hydrogen-bond acceptors (Lipinski definition) is 5. The molecule has 1 N–H and O–H groups in total. The van der Waals surface area contributed by atoms with Gasteiger partial charge in [0.2, 0.25) is 0 Å². The van der Waals surface area contributed by atoms with Crippen LogP contribution in [-0.4, -0.2) is 19.1 Å². The predicted molar refractivity (Wildman–Crippen MR) is 124 cm³/mol. The van der Waals surface area contributed by atoms with Gasteiger partial charge in [0.05, 0.1) is 21.9 Å². The van der Waals surface area contributed by atoms with Crippen molar-refractivity contribution in [1.82, 2.24) is 0 Å². The van der Waals surface area contributed by atoms with E-state index in [-0.39, 0.29) is 0 Å². The number of carbonyl (C=O) groups is 1. The summed E-state index contributed by atoms with van der Waals surface area (Å²) in [5, 5.41) is 4.99. The lowest BCUT2D eigenvalue weighted by molar-refractivity contribution is 0.0737. The van der Waals surface area contributed by atoms with E-state index in [4.69, 9.17) is 9.15 Å². The zero-order valence-corrected chi connectivity index (χ0v) is 18.3. The highest BCUT2D eigenvalue weighted by Gasteiger charge is 2.22. The maximum Gasteiger partial charge on any atom is 0.343 e. The van der Waals surface area contributed by atoms with Gasteiger partial charge in [-0.3, -0.25) is 4.99 Å². The summed E-state index contributed by atoms with van der Waals surface area (Å²) in [6.07, 6.45) is 0. The van der Waals surface area contributed by atoms with Crippen LogP contribution in [0.5, 0.6) is 5.75 Å². The maximum atomic E-state index is 12.9. The Kier molecular flexibility index (Phi) is 5.76. The van der Waals surface area contributed by atoms with Crippen molar-refractivity contribution in [3.8, 4) is 17.1 Å². The number of ether oxygens (including phenoxy) is 1. The standard InChI is InChI=1S/C26H26N2O3/c1-5-27-21-14-23-19(12-16(21)3)25(31-26(29)18-10-8-7-9-11-18)20-13-17(4)22(28-6-2)15-24(20)30-23/h7-15,27H,5-6H2,1-4H3. The van der Waals surface area contributed by atoms with Gasteiger partial charge in [-0.2, -0.15) is 0 Å². The third-order valence-corrected chi connectivity index (χ3v) is 5.23. The Morgan fingerprint density at radius 1 is 1.03 bits per heavy atom. The second-order valence-electron chi connectivity index (χ2n) is 7.49. The van der Waals surface area contributed by atoms with Crippen molar-refractivity contribution in [2.45, 2.75) is 27.7 Å². The van der Waals surface area contributed by atoms with E-state index in [1.807, 2.05) is 63.2 Å². The van der Waals surface area contributed by atoms with Gasteiger partial charge < -0.3 is 14.5 Å². The molecule has 0 radical (unpaired) electrons. The van der Waals surface area contributed by atoms with Gasteiger partial charge in [-0.1, -0.05) is 18.2 Å². The summed E-state index contributed by atoms with van der Waals surface area (Å²) in [5.41, 5.74) is 4.94. The van der Waals surface area contributed by atoms with Crippen molar-refractivity contribution in [3.05, 3.63) is 76.6 Å². The van der Waals surface area contributed by atoms with E-state index in [1.54, 1.807) is 12.1 Å². The van der Waals surface area contributed by atoms with E-state index in [0.717, 1.165) is 39.7 Å². The van der Waals surface area contributed by atoms with Crippen LogP contribution < -0.4 is 15.4 Å². The largest absolute Gasteiger partial charge is 0.456 e. The van der Waals surface area contributed by atoms with Crippen molar-refractivity contribution in [2.75, 3.05) is 18.4 Å². The van der Waals surface area contributed by atoms with Crippen LogP contribution in [0.15, 0.2) is 64.0 Å². The lowest BCUT2D eigenvalue weighted by atomic mass is 10.0.